The Hall–Kier alpha value is -1.42. The van der Waals surface area contributed by atoms with Crippen molar-refractivity contribution in [2.75, 3.05) is 5.75 Å². The van der Waals surface area contributed by atoms with Gasteiger partial charge in [-0.1, -0.05) is 36.0 Å². The molecule has 0 unspecified atom stereocenters. The van der Waals surface area contributed by atoms with Gasteiger partial charge in [0.15, 0.2) is 11.4 Å². The summed E-state index contributed by atoms with van der Waals surface area (Å²) in [6, 6.07) is 4.33. The molecular formula is C12H11FO2S. The van der Waals surface area contributed by atoms with Crippen LogP contribution in [0.2, 0.25) is 0 Å². The Morgan fingerprint density at radius 2 is 2.25 bits per heavy atom. The fraction of sp³-hybridized carbons (Fsp3) is 0.167. The van der Waals surface area contributed by atoms with Crippen LogP contribution in [0.3, 0.4) is 0 Å². The monoisotopic (exact) mass is 238 g/mol. The maximum Gasteiger partial charge on any atom is 0.186 e. The van der Waals surface area contributed by atoms with E-state index in [4.69, 9.17) is 0 Å². The molecule has 0 saturated heterocycles. The summed E-state index contributed by atoms with van der Waals surface area (Å²) >= 11 is 1.13. The van der Waals surface area contributed by atoms with Crippen LogP contribution in [-0.2, 0) is 4.79 Å². The molecule has 1 rings (SSSR count). The highest BCUT2D eigenvalue weighted by Crippen LogP contribution is 2.14. The van der Waals surface area contributed by atoms with Crippen molar-refractivity contribution in [2.24, 2.45) is 0 Å². The Morgan fingerprint density at radius 1 is 1.50 bits per heavy atom. The molecule has 0 bridgehead atoms. The van der Waals surface area contributed by atoms with E-state index in [1.165, 1.54) is 25.1 Å². The Kier molecular flexibility index (Phi) is 4.92. The molecule has 0 saturated carbocycles. The largest absolute Gasteiger partial charge is 0.298 e. The van der Waals surface area contributed by atoms with Gasteiger partial charge >= 0.3 is 0 Å². The van der Waals surface area contributed by atoms with Crippen molar-refractivity contribution in [3.05, 3.63) is 41.2 Å². The van der Waals surface area contributed by atoms with Gasteiger partial charge < -0.3 is 0 Å². The van der Waals surface area contributed by atoms with E-state index in [0.717, 1.165) is 11.8 Å². The molecule has 0 aliphatic heterocycles. The molecule has 2 nitrogen and oxygen atoms in total. The van der Waals surface area contributed by atoms with Crippen molar-refractivity contribution in [2.45, 2.75) is 6.92 Å². The SMILES string of the molecule is CC(=O)SCC=Cc1c(F)cccc1C=O. The molecular weight excluding hydrogens is 227 g/mol. The summed E-state index contributed by atoms with van der Waals surface area (Å²) in [6.45, 7) is 1.47. The average molecular weight is 238 g/mol. The van der Waals surface area contributed by atoms with Gasteiger partial charge in [0.05, 0.1) is 0 Å². The molecule has 84 valence electrons. The molecule has 1 aromatic carbocycles. The summed E-state index contributed by atoms with van der Waals surface area (Å²) in [5.74, 6) is 0.0378. The second kappa shape index (κ2) is 6.23. The summed E-state index contributed by atoms with van der Waals surface area (Å²) in [7, 11) is 0. The smallest absolute Gasteiger partial charge is 0.186 e. The number of hydrogen-bond acceptors (Lipinski definition) is 3. The number of rotatable bonds is 4. The number of halogens is 1. The van der Waals surface area contributed by atoms with Crippen LogP contribution < -0.4 is 0 Å². The van der Waals surface area contributed by atoms with Crippen LogP contribution in [0.15, 0.2) is 24.3 Å². The van der Waals surface area contributed by atoms with Gasteiger partial charge in [-0.05, 0) is 6.07 Å². The molecule has 0 aromatic heterocycles. The molecule has 0 heterocycles. The van der Waals surface area contributed by atoms with E-state index in [0.29, 0.717) is 17.6 Å². The van der Waals surface area contributed by atoms with Crippen molar-refractivity contribution in [3.63, 3.8) is 0 Å². The van der Waals surface area contributed by atoms with Crippen LogP contribution in [0.4, 0.5) is 4.39 Å². The van der Waals surface area contributed by atoms with E-state index in [-0.39, 0.29) is 10.7 Å². The third kappa shape index (κ3) is 3.62. The first-order chi connectivity index (χ1) is 7.65. The van der Waals surface area contributed by atoms with Crippen LogP contribution in [-0.4, -0.2) is 17.2 Å². The Morgan fingerprint density at radius 3 is 2.88 bits per heavy atom. The highest BCUT2D eigenvalue weighted by molar-refractivity contribution is 8.13. The maximum atomic E-state index is 13.3. The highest BCUT2D eigenvalue weighted by atomic mass is 32.2. The summed E-state index contributed by atoms with van der Waals surface area (Å²) in [5.41, 5.74) is 0.575. The highest BCUT2D eigenvalue weighted by Gasteiger charge is 2.03. The molecule has 0 aliphatic carbocycles. The minimum absolute atomic E-state index is 0.00814. The maximum absolute atomic E-state index is 13.3. The lowest BCUT2D eigenvalue weighted by Crippen LogP contribution is -1.90. The number of hydrogen-bond donors (Lipinski definition) is 0. The lowest BCUT2D eigenvalue weighted by Gasteiger charge is -1.99. The molecule has 0 radical (unpaired) electrons. The first-order valence-corrected chi connectivity index (χ1v) is 5.67. The molecule has 0 spiro atoms. The van der Waals surface area contributed by atoms with E-state index < -0.39 is 5.82 Å². The topological polar surface area (TPSA) is 34.1 Å². The summed E-state index contributed by atoms with van der Waals surface area (Å²) in [5, 5.41) is 0.00814. The average Bonchev–Trinajstić information content (AvgIpc) is 2.25. The quantitative estimate of drug-likeness (QED) is 0.756. The standard InChI is InChI=1S/C12H11FO2S/c1-9(15)16-7-3-5-11-10(8-14)4-2-6-12(11)13/h2-6,8H,7H2,1H3. The van der Waals surface area contributed by atoms with Gasteiger partial charge in [-0.3, -0.25) is 9.59 Å². The van der Waals surface area contributed by atoms with Gasteiger partial charge in [-0.2, -0.15) is 0 Å². The first kappa shape index (κ1) is 12.6. The molecule has 0 aliphatic rings. The molecule has 0 fully saturated rings. The van der Waals surface area contributed by atoms with Gasteiger partial charge in [0.1, 0.15) is 5.82 Å². The predicted molar refractivity (Wildman–Crippen MR) is 64.0 cm³/mol. The Bertz CT molecular complexity index is 427. The Labute approximate surface area is 97.5 Å². The normalized spacial score (nSPS) is 10.6. The zero-order chi connectivity index (χ0) is 12.0. The number of carbonyl (C=O) groups excluding carboxylic acids is 2. The van der Waals surface area contributed by atoms with Crippen molar-refractivity contribution in [1.82, 2.24) is 0 Å². The van der Waals surface area contributed by atoms with Gasteiger partial charge in [0, 0.05) is 23.8 Å². The van der Waals surface area contributed by atoms with Crippen LogP contribution in [0.5, 0.6) is 0 Å². The zero-order valence-electron chi connectivity index (χ0n) is 8.77. The van der Waals surface area contributed by atoms with Gasteiger partial charge in [-0.15, -0.1) is 0 Å². The molecule has 4 heteroatoms. The van der Waals surface area contributed by atoms with E-state index in [9.17, 15) is 14.0 Å². The van der Waals surface area contributed by atoms with Crippen LogP contribution >= 0.6 is 11.8 Å². The summed E-state index contributed by atoms with van der Waals surface area (Å²) in [4.78, 5) is 21.3. The van der Waals surface area contributed by atoms with Gasteiger partial charge in [0.25, 0.3) is 0 Å². The van der Waals surface area contributed by atoms with E-state index >= 15 is 0 Å². The predicted octanol–water partition coefficient (Wildman–Crippen LogP) is 2.93. The van der Waals surface area contributed by atoms with Gasteiger partial charge in [0.2, 0.25) is 0 Å². The minimum atomic E-state index is -0.436. The fourth-order valence-electron chi connectivity index (χ4n) is 1.16. The molecule has 0 N–H and O–H groups in total. The fourth-order valence-corrected chi connectivity index (χ4v) is 1.59. The summed E-state index contributed by atoms with van der Waals surface area (Å²) < 4.78 is 13.3. The number of aldehydes is 1. The number of benzene rings is 1. The molecule has 1 aromatic rings. The van der Waals surface area contributed by atoms with E-state index in [1.807, 2.05) is 0 Å². The van der Waals surface area contributed by atoms with E-state index in [2.05, 4.69) is 0 Å². The lowest BCUT2D eigenvalue weighted by molar-refractivity contribution is -0.109. The first-order valence-electron chi connectivity index (χ1n) is 4.68. The van der Waals surface area contributed by atoms with E-state index in [1.54, 1.807) is 12.1 Å². The van der Waals surface area contributed by atoms with Crippen LogP contribution in [0.1, 0.15) is 22.8 Å². The van der Waals surface area contributed by atoms with Crippen molar-refractivity contribution in [1.29, 1.82) is 0 Å². The molecule has 0 amide bonds. The Balaban J connectivity index is 2.79. The van der Waals surface area contributed by atoms with Crippen LogP contribution in [0.25, 0.3) is 6.08 Å². The van der Waals surface area contributed by atoms with Crippen molar-refractivity contribution < 1.29 is 14.0 Å². The van der Waals surface area contributed by atoms with Crippen molar-refractivity contribution in [3.8, 4) is 0 Å². The van der Waals surface area contributed by atoms with Gasteiger partial charge in [-0.25, -0.2) is 4.39 Å². The number of thioether (sulfide) groups is 1. The summed E-state index contributed by atoms with van der Waals surface area (Å²) in [6.07, 6.45) is 3.80. The second-order valence-corrected chi connectivity index (χ2v) is 4.26. The zero-order valence-corrected chi connectivity index (χ0v) is 9.59. The lowest BCUT2D eigenvalue weighted by atomic mass is 10.1. The van der Waals surface area contributed by atoms with Crippen molar-refractivity contribution >= 4 is 29.2 Å². The third-order valence-corrected chi connectivity index (χ3v) is 2.65. The number of carbonyl (C=O) groups is 2. The molecule has 16 heavy (non-hydrogen) atoms. The second-order valence-electron chi connectivity index (χ2n) is 3.07. The minimum Gasteiger partial charge on any atom is -0.298 e. The third-order valence-electron chi connectivity index (χ3n) is 1.88. The molecule has 0 atom stereocenters. The van der Waals surface area contributed by atoms with Crippen LogP contribution in [0, 0.1) is 5.82 Å².